The molecule has 6 heteroatoms. The minimum atomic E-state index is -0.0371. The van der Waals surface area contributed by atoms with Crippen molar-refractivity contribution < 1.29 is 4.79 Å². The van der Waals surface area contributed by atoms with Crippen LogP contribution >= 0.6 is 11.8 Å². The fourth-order valence-corrected chi connectivity index (χ4v) is 4.38. The van der Waals surface area contributed by atoms with Crippen LogP contribution in [0.5, 0.6) is 0 Å². The number of fused-ring (bicyclic) bond motifs is 2. The molecule has 0 radical (unpaired) electrons. The molecular weight excluding hydrogens is 344 g/mol. The number of carbonyl (C=O) groups excluding carboxylic acids is 1. The van der Waals surface area contributed by atoms with E-state index in [-0.39, 0.29) is 5.91 Å². The Morgan fingerprint density at radius 3 is 3.08 bits per heavy atom. The van der Waals surface area contributed by atoms with Gasteiger partial charge in [-0.05, 0) is 43.9 Å². The van der Waals surface area contributed by atoms with Crippen molar-refractivity contribution in [1.29, 1.82) is 0 Å². The van der Waals surface area contributed by atoms with Gasteiger partial charge >= 0.3 is 0 Å². The van der Waals surface area contributed by atoms with Gasteiger partial charge in [0.05, 0.1) is 11.1 Å². The van der Waals surface area contributed by atoms with E-state index in [9.17, 15) is 4.79 Å². The Morgan fingerprint density at radius 1 is 1.31 bits per heavy atom. The van der Waals surface area contributed by atoms with E-state index < -0.39 is 0 Å². The summed E-state index contributed by atoms with van der Waals surface area (Å²) in [4.78, 5) is 24.1. The predicted molar refractivity (Wildman–Crippen MR) is 107 cm³/mol. The molecule has 1 aromatic carbocycles. The average Bonchev–Trinajstić information content (AvgIpc) is 3.04. The van der Waals surface area contributed by atoms with E-state index in [0.717, 1.165) is 53.3 Å². The van der Waals surface area contributed by atoms with Gasteiger partial charge in [0.1, 0.15) is 0 Å². The summed E-state index contributed by atoms with van der Waals surface area (Å²) in [5.74, 6) is -0.0371. The highest BCUT2D eigenvalue weighted by atomic mass is 32.2. The zero-order valence-corrected chi connectivity index (χ0v) is 15.9. The van der Waals surface area contributed by atoms with Gasteiger partial charge in [0.15, 0.2) is 5.17 Å². The first-order valence-electron chi connectivity index (χ1n) is 8.96. The first kappa shape index (κ1) is 17.1. The molecule has 3 heterocycles. The Balaban J connectivity index is 1.46. The molecule has 4 rings (SSSR count). The van der Waals surface area contributed by atoms with Gasteiger partial charge in [-0.3, -0.25) is 14.8 Å². The summed E-state index contributed by atoms with van der Waals surface area (Å²) >= 11 is 1.69. The predicted octanol–water partition coefficient (Wildman–Crippen LogP) is 3.62. The van der Waals surface area contributed by atoms with Crippen molar-refractivity contribution in [3.05, 3.63) is 52.2 Å². The maximum atomic E-state index is 12.8. The van der Waals surface area contributed by atoms with Crippen molar-refractivity contribution in [2.24, 2.45) is 4.99 Å². The fraction of sp³-hybridized carbons (Fsp3) is 0.350. The molecule has 26 heavy (non-hydrogen) atoms. The number of benzene rings is 1. The second-order valence-electron chi connectivity index (χ2n) is 6.73. The molecule has 0 bridgehead atoms. The van der Waals surface area contributed by atoms with Crippen molar-refractivity contribution >= 4 is 33.7 Å². The molecule has 0 fully saturated rings. The van der Waals surface area contributed by atoms with Crippen molar-refractivity contribution in [2.45, 2.75) is 26.7 Å². The highest BCUT2D eigenvalue weighted by Gasteiger charge is 2.24. The lowest BCUT2D eigenvalue weighted by molar-refractivity contribution is 0.0955. The summed E-state index contributed by atoms with van der Waals surface area (Å²) in [5, 5.41) is 7.25. The van der Waals surface area contributed by atoms with Gasteiger partial charge in [0.2, 0.25) is 0 Å². The maximum absolute atomic E-state index is 12.8. The number of thioether (sulfide) groups is 1. The molecule has 0 spiro atoms. The summed E-state index contributed by atoms with van der Waals surface area (Å²) in [6.45, 7) is 6.52. The smallest absolute Gasteiger partial charge is 0.252 e. The average molecular weight is 366 g/mol. The molecular formula is C20H22N4OS. The number of hydrogen-bond acceptors (Lipinski definition) is 5. The van der Waals surface area contributed by atoms with Crippen LogP contribution in [0.15, 0.2) is 40.4 Å². The van der Waals surface area contributed by atoms with E-state index in [1.165, 1.54) is 5.70 Å². The topological polar surface area (TPSA) is 57.6 Å². The number of amidine groups is 1. The van der Waals surface area contributed by atoms with Crippen molar-refractivity contribution in [3.8, 4) is 0 Å². The maximum Gasteiger partial charge on any atom is 0.252 e. The SMILES string of the molecule is Cc1ccc2nc(C)cc(C(=O)NCCC3=CSC4=NCCCN34)c2c1. The van der Waals surface area contributed by atoms with Crippen LogP contribution in [0.1, 0.15) is 34.5 Å². The third kappa shape index (κ3) is 3.33. The molecule has 0 saturated heterocycles. The van der Waals surface area contributed by atoms with Gasteiger partial charge in [0.25, 0.3) is 5.91 Å². The molecule has 2 aliphatic rings. The van der Waals surface area contributed by atoms with Crippen LogP contribution in [-0.4, -0.2) is 40.6 Å². The molecule has 5 nitrogen and oxygen atoms in total. The van der Waals surface area contributed by atoms with E-state index in [1.807, 2.05) is 38.1 Å². The Kier molecular flexibility index (Phi) is 4.68. The summed E-state index contributed by atoms with van der Waals surface area (Å²) in [6.07, 6.45) is 1.91. The quantitative estimate of drug-likeness (QED) is 0.898. The van der Waals surface area contributed by atoms with Crippen LogP contribution in [0.4, 0.5) is 0 Å². The largest absolute Gasteiger partial charge is 0.352 e. The highest BCUT2D eigenvalue weighted by molar-refractivity contribution is 8.16. The number of nitrogens with one attached hydrogen (secondary N) is 1. The lowest BCUT2D eigenvalue weighted by Crippen LogP contribution is -2.32. The van der Waals surface area contributed by atoms with Gasteiger partial charge in [-0.1, -0.05) is 23.4 Å². The van der Waals surface area contributed by atoms with Crippen LogP contribution in [0.3, 0.4) is 0 Å². The number of nitrogens with zero attached hydrogens (tertiary/aromatic N) is 3. The zero-order chi connectivity index (χ0) is 18.1. The third-order valence-electron chi connectivity index (χ3n) is 4.67. The van der Waals surface area contributed by atoms with Gasteiger partial charge in [-0.25, -0.2) is 0 Å². The van der Waals surface area contributed by atoms with E-state index in [0.29, 0.717) is 12.1 Å². The molecule has 134 valence electrons. The second-order valence-corrected chi connectivity index (χ2v) is 7.57. The minimum Gasteiger partial charge on any atom is -0.352 e. The molecule has 0 unspecified atom stereocenters. The summed E-state index contributed by atoms with van der Waals surface area (Å²) in [7, 11) is 0. The van der Waals surface area contributed by atoms with E-state index in [2.05, 4.69) is 25.6 Å². The Labute approximate surface area is 157 Å². The molecule has 1 aromatic heterocycles. The molecule has 0 atom stereocenters. The minimum absolute atomic E-state index is 0.0371. The molecule has 0 saturated carbocycles. The van der Waals surface area contributed by atoms with Crippen molar-refractivity contribution in [2.75, 3.05) is 19.6 Å². The zero-order valence-electron chi connectivity index (χ0n) is 15.1. The Bertz CT molecular complexity index is 935. The lowest BCUT2D eigenvalue weighted by atomic mass is 10.0. The number of aromatic nitrogens is 1. The first-order valence-corrected chi connectivity index (χ1v) is 9.84. The summed E-state index contributed by atoms with van der Waals surface area (Å²) in [5.41, 5.74) is 4.80. The normalized spacial score (nSPS) is 16.3. The summed E-state index contributed by atoms with van der Waals surface area (Å²) < 4.78 is 0. The van der Waals surface area contributed by atoms with Crippen LogP contribution in [-0.2, 0) is 0 Å². The third-order valence-corrected chi connectivity index (χ3v) is 5.62. The number of carbonyl (C=O) groups is 1. The van der Waals surface area contributed by atoms with E-state index in [1.54, 1.807) is 11.8 Å². The standard InChI is InChI=1S/C20H22N4OS/c1-13-4-5-18-16(10-13)17(11-14(2)23-18)19(25)21-8-6-15-12-26-20-22-7-3-9-24(15)20/h4-5,10-12H,3,6-9H2,1-2H3,(H,21,25). The number of rotatable bonds is 4. The number of hydrogen-bond donors (Lipinski definition) is 1. The Morgan fingerprint density at radius 2 is 2.19 bits per heavy atom. The number of amides is 1. The van der Waals surface area contributed by atoms with Gasteiger partial charge < -0.3 is 10.2 Å². The lowest BCUT2D eigenvalue weighted by Gasteiger charge is -2.25. The Hall–Kier alpha value is -2.34. The molecule has 2 aromatic rings. The van der Waals surface area contributed by atoms with E-state index >= 15 is 0 Å². The second kappa shape index (κ2) is 7.11. The number of aliphatic imine (C=N–C) groups is 1. The molecule has 1 N–H and O–H groups in total. The summed E-state index contributed by atoms with van der Waals surface area (Å²) in [6, 6.07) is 7.91. The van der Waals surface area contributed by atoms with Crippen LogP contribution in [0.25, 0.3) is 10.9 Å². The highest BCUT2D eigenvalue weighted by Crippen LogP contribution is 2.30. The van der Waals surface area contributed by atoms with Gasteiger partial charge in [-0.2, -0.15) is 0 Å². The van der Waals surface area contributed by atoms with Crippen LogP contribution in [0, 0.1) is 13.8 Å². The van der Waals surface area contributed by atoms with Gasteiger partial charge in [0, 0.05) is 42.8 Å². The number of pyridine rings is 1. The molecule has 2 aliphatic heterocycles. The van der Waals surface area contributed by atoms with Gasteiger partial charge in [-0.15, -0.1) is 0 Å². The van der Waals surface area contributed by atoms with Crippen molar-refractivity contribution in [1.82, 2.24) is 15.2 Å². The molecule has 1 amide bonds. The van der Waals surface area contributed by atoms with E-state index in [4.69, 9.17) is 0 Å². The van der Waals surface area contributed by atoms with Crippen LogP contribution < -0.4 is 5.32 Å². The van der Waals surface area contributed by atoms with Crippen LogP contribution in [0.2, 0.25) is 0 Å². The fourth-order valence-electron chi connectivity index (χ4n) is 3.39. The number of aryl methyl sites for hydroxylation is 2. The van der Waals surface area contributed by atoms with Crippen molar-refractivity contribution in [3.63, 3.8) is 0 Å². The molecule has 0 aliphatic carbocycles. The monoisotopic (exact) mass is 366 g/mol. The first-order chi connectivity index (χ1) is 12.6.